The van der Waals surface area contributed by atoms with Crippen LogP contribution in [-0.4, -0.2) is 16.8 Å². The lowest BCUT2D eigenvalue weighted by molar-refractivity contribution is 0.405. The zero-order valence-corrected chi connectivity index (χ0v) is 11.2. The van der Waals surface area contributed by atoms with Gasteiger partial charge in [0.15, 0.2) is 0 Å². The molecule has 1 saturated carbocycles. The predicted octanol–water partition coefficient (Wildman–Crippen LogP) is 4.33. The van der Waals surface area contributed by atoms with Crippen molar-refractivity contribution in [3.8, 4) is 0 Å². The van der Waals surface area contributed by atoms with E-state index >= 15 is 0 Å². The minimum atomic E-state index is 0.652. The van der Waals surface area contributed by atoms with Crippen molar-refractivity contribution < 1.29 is 0 Å². The summed E-state index contributed by atoms with van der Waals surface area (Å²) in [6, 6.07) is 0. The van der Waals surface area contributed by atoms with E-state index in [9.17, 15) is 0 Å². The Morgan fingerprint density at radius 1 is 1.31 bits per heavy atom. The highest BCUT2D eigenvalue weighted by Crippen LogP contribution is 2.42. The Balaban J connectivity index is 2.23. The van der Waals surface area contributed by atoms with Gasteiger partial charge in [-0.15, -0.1) is 0 Å². The van der Waals surface area contributed by atoms with Crippen LogP contribution in [0.2, 0.25) is 0 Å². The second kappa shape index (κ2) is 5.65. The van der Waals surface area contributed by atoms with Gasteiger partial charge in [-0.2, -0.15) is 11.8 Å². The Hall–Kier alpha value is 0.830. The summed E-state index contributed by atoms with van der Waals surface area (Å²) in [6.07, 6.45) is 5.80. The monoisotopic (exact) mass is 264 g/mol. The first-order valence-electron chi connectivity index (χ1n) is 5.32. The average Bonchev–Trinajstić information content (AvgIpc) is 2.53. The standard InChI is InChI=1S/C11H21BrS/c1-10(2)7-13-9-11(8-12)5-3-4-6-11/h10H,3-9H2,1-2H3. The van der Waals surface area contributed by atoms with Gasteiger partial charge in [0.25, 0.3) is 0 Å². The maximum Gasteiger partial charge on any atom is 0.00958 e. The molecule has 0 bridgehead atoms. The molecule has 0 spiro atoms. The van der Waals surface area contributed by atoms with Crippen LogP contribution in [0.1, 0.15) is 39.5 Å². The normalized spacial score (nSPS) is 21.2. The number of hydrogen-bond acceptors (Lipinski definition) is 1. The molecule has 0 N–H and O–H groups in total. The Kier molecular flexibility index (Phi) is 5.17. The van der Waals surface area contributed by atoms with Crippen molar-refractivity contribution in [1.82, 2.24) is 0 Å². The summed E-state index contributed by atoms with van der Waals surface area (Å²) in [5.41, 5.74) is 0.652. The molecule has 0 nitrogen and oxygen atoms in total. The van der Waals surface area contributed by atoms with Gasteiger partial charge in [0.2, 0.25) is 0 Å². The van der Waals surface area contributed by atoms with Crippen LogP contribution >= 0.6 is 27.7 Å². The van der Waals surface area contributed by atoms with Gasteiger partial charge in [-0.05, 0) is 35.7 Å². The summed E-state index contributed by atoms with van der Waals surface area (Å²) in [7, 11) is 0. The van der Waals surface area contributed by atoms with Gasteiger partial charge in [-0.3, -0.25) is 0 Å². The Morgan fingerprint density at radius 2 is 1.92 bits per heavy atom. The van der Waals surface area contributed by atoms with E-state index in [1.807, 2.05) is 0 Å². The van der Waals surface area contributed by atoms with Crippen LogP contribution in [0.4, 0.5) is 0 Å². The third-order valence-electron chi connectivity index (χ3n) is 2.81. The molecule has 0 atom stereocenters. The van der Waals surface area contributed by atoms with Gasteiger partial charge in [0, 0.05) is 5.33 Å². The molecule has 1 rings (SSSR count). The van der Waals surface area contributed by atoms with E-state index in [1.54, 1.807) is 0 Å². The first-order chi connectivity index (χ1) is 6.18. The molecule has 13 heavy (non-hydrogen) atoms. The maximum absolute atomic E-state index is 3.69. The van der Waals surface area contributed by atoms with Crippen LogP contribution in [0.3, 0.4) is 0 Å². The zero-order chi connectivity index (χ0) is 9.73. The number of hydrogen-bond donors (Lipinski definition) is 0. The molecule has 0 radical (unpaired) electrons. The van der Waals surface area contributed by atoms with Crippen molar-refractivity contribution >= 4 is 27.7 Å². The molecule has 0 saturated heterocycles. The highest BCUT2D eigenvalue weighted by molar-refractivity contribution is 9.09. The topological polar surface area (TPSA) is 0 Å². The summed E-state index contributed by atoms with van der Waals surface area (Å²) < 4.78 is 0. The van der Waals surface area contributed by atoms with Crippen molar-refractivity contribution in [2.75, 3.05) is 16.8 Å². The van der Waals surface area contributed by atoms with Crippen molar-refractivity contribution in [2.45, 2.75) is 39.5 Å². The van der Waals surface area contributed by atoms with E-state index in [4.69, 9.17) is 0 Å². The molecule has 0 aromatic heterocycles. The SMILES string of the molecule is CC(C)CSCC1(CBr)CCCC1. The molecule has 0 unspecified atom stereocenters. The quantitative estimate of drug-likeness (QED) is 0.667. The minimum absolute atomic E-state index is 0.652. The highest BCUT2D eigenvalue weighted by Gasteiger charge is 2.32. The summed E-state index contributed by atoms with van der Waals surface area (Å²) >= 11 is 5.84. The number of rotatable bonds is 5. The van der Waals surface area contributed by atoms with Gasteiger partial charge < -0.3 is 0 Å². The molecule has 0 aliphatic heterocycles. The van der Waals surface area contributed by atoms with Crippen LogP contribution in [-0.2, 0) is 0 Å². The van der Waals surface area contributed by atoms with E-state index in [0.29, 0.717) is 5.41 Å². The lowest BCUT2D eigenvalue weighted by Crippen LogP contribution is -2.21. The third-order valence-corrected chi connectivity index (χ3v) is 5.72. The molecule has 0 aromatic rings. The van der Waals surface area contributed by atoms with Crippen LogP contribution in [0, 0.1) is 11.3 Å². The van der Waals surface area contributed by atoms with Gasteiger partial charge >= 0.3 is 0 Å². The van der Waals surface area contributed by atoms with Crippen LogP contribution in [0.25, 0.3) is 0 Å². The molecular weight excluding hydrogens is 244 g/mol. The Morgan fingerprint density at radius 3 is 2.38 bits per heavy atom. The van der Waals surface area contributed by atoms with Crippen molar-refractivity contribution in [1.29, 1.82) is 0 Å². The molecule has 0 aromatic carbocycles. The van der Waals surface area contributed by atoms with E-state index < -0.39 is 0 Å². The molecule has 1 aliphatic rings. The van der Waals surface area contributed by atoms with Gasteiger partial charge in [0.05, 0.1) is 0 Å². The third kappa shape index (κ3) is 3.83. The van der Waals surface area contributed by atoms with Gasteiger partial charge in [-0.25, -0.2) is 0 Å². The molecular formula is C11H21BrS. The summed E-state index contributed by atoms with van der Waals surface area (Å²) in [5.74, 6) is 3.55. The van der Waals surface area contributed by atoms with Crippen molar-refractivity contribution in [3.63, 3.8) is 0 Å². The first-order valence-corrected chi connectivity index (χ1v) is 7.60. The lowest BCUT2D eigenvalue weighted by Gasteiger charge is -2.26. The summed E-state index contributed by atoms with van der Waals surface area (Å²) in [6.45, 7) is 4.62. The van der Waals surface area contributed by atoms with E-state index in [1.165, 1.54) is 42.5 Å². The molecule has 1 fully saturated rings. The fraction of sp³-hybridized carbons (Fsp3) is 1.00. The second-order valence-corrected chi connectivity index (χ2v) is 6.34. The van der Waals surface area contributed by atoms with E-state index in [-0.39, 0.29) is 0 Å². The van der Waals surface area contributed by atoms with E-state index in [0.717, 1.165) is 5.92 Å². The second-order valence-electron chi connectivity index (χ2n) is 4.75. The molecule has 78 valence electrons. The van der Waals surface area contributed by atoms with Crippen LogP contribution in [0.15, 0.2) is 0 Å². The van der Waals surface area contributed by atoms with Crippen LogP contribution < -0.4 is 0 Å². The number of thioether (sulfide) groups is 1. The molecule has 2 heteroatoms. The van der Waals surface area contributed by atoms with Crippen molar-refractivity contribution in [3.05, 3.63) is 0 Å². The fourth-order valence-corrected chi connectivity index (χ4v) is 4.39. The Bertz CT molecular complexity index is 139. The van der Waals surface area contributed by atoms with Gasteiger partial charge in [-0.1, -0.05) is 42.6 Å². The zero-order valence-electron chi connectivity index (χ0n) is 8.81. The van der Waals surface area contributed by atoms with E-state index in [2.05, 4.69) is 41.5 Å². The Labute approximate surface area is 95.4 Å². The summed E-state index contributed by atoms with van der Waals surface area (Å²) in [4.78, 5) is 0. The minimum Gasteiger partial charge on any atom is -0.161 e. The van der Waals surface area contributed by atoms with Gasteiger partial charge in [0.1, 0.15) is 0 Å². The molecule has 0 amide bonds. The number of halogens is 1. The fourth-order valence-electron chi connectivity index (χ4n) is 1.95. The van der Waals surface area contributed by atoms with Crippen LogP contribution in [0.5, 0.6) is 0 Å². The molecule has 1 aliphatic carbocycles. The smallest absolute Gasteiger partial charge is 0.00958 e. The first kappa shape index (κ1) is 11.9. The summed E-state index contributed by atoms with van der Waals surface area (Å²) in [5, 5.41) is 1.21. The average molecular weight is 265 g/mol. The lowest BCUT2D eigenvalue weighted by atomic mass is 9.92. The molecule has 0 heterocycles. The predicted molar refractivity (Wildman–Crippen MR) is 66.9 cm³/mol. The largest absolute Gasteiger partial charge is 0.161 e. The maximum atomic E-state index is 3.69. The van der Waals surface area contributed by atoms with Crippen molar-refractivity contribution in [2.24, 2.45) is 11.3 Å². The number of alkyl halides is 1. The highest BCUT2D eigenvalue weighted by atomic mass is 79.9.